The molecule has 0 aliphatic rings. The van der Waals surface area contributed by atoms with Crippen molar-refractivity contribution in [3.63, 3.8) is 0 Å². The van der Waals surface area contributed by atoms with Crippen LogP contribution in [0.1, 0.15) is 0 Å². The molecular weight excluding hydrogens is 150 g/mol. The van der Waals surface area contributed by atoms with E-state index in [9.17, 15) is 0 Å². The molecule has 0 aromatic heterocycles. The van der Waals surface area contributed by atoms with Gasteiger partial charge in [0.2, 0.25) is 0 Å². The van der Waals surface area contributed by atoms with E-state index >= 15 is 0 Å². The van der Waals surface area contributed by atoms with Gasteiger partial charge >= 0.3 is 41.4 Å². The zero-order valence-electron chi connectivity index (χ0n) is 2.36. The van der Waals surface area contributed by atoms with Crippen LogP contribution in [0.25, 0.3) is 0 Å². The van der Waals surface area contributed by atoms with Crippen molar-refractivity contribution in [2.75, 3.05) is 0 Å². The van der Waals surface area contributed by atoms with Crippen LogP contribution in [0.2, 0.25) is 0 Å². The van der Waals surface area contributed by atoms with E-state index < -0.39 is 12.6 Å². The van der Waals surface area contributed by atoms with Gasteiger partial charge in [0.1, 0.15) is 0 Å². The summed E-state index contributed by atoms with van der Waals surface area (Å²) in [6.07, 6.45) is 0. The molecule has 0 spiro atoms. The quantitative estimate of drug-likeness (QED) is 0.523. The Morgan fingerprint density at radius 3 is 1.20 bits per heavy atom. The number of hydrogen-bond donors (Lipinski definition) is 2. The second kappa shape index (κ2) is 1.69. The van der Waals surface area contributed by atoms with Crippen molar-refractivity contribution < 1.29 is 12.6 Å². The summed E-state index contributed by atoms with van der Waals surface area (Å²) in [4.78, 5) is 0. The van der Waals surface area contributed by atoms with E-state index in [1.54, 1.807) is 0 Å². The predicted molar refractivity (Wildman–Crippen MR) is 20.1 cm³/mol. The second-order valence-electron chi connectivity index (χ2n) is 0.603. The Morgan fingerprint density at radius 2 is 1.20 bits per heavy atom. The van der Waals surface area contributed by atoms with Crippen molar-refractivity contribution in [1.29, 1.82) is 0 Å². The van der Waals surface area contributed by atoms with Gasteiger partial charge in [-0.15, -0.1) is 0 Å². The van der Waals surface area contributed by atoms with Gasteiger partial charge in [0.25, 0.3) is 0 Å². The van der Waals surface area contributed by atoms with E-state index in [-0.39, 0.29) is 0 Å². The number of hydrogen-bond acceptors (Lipinski definition) is 2. The molecule has 0 aliphatic carbocycles. The van der Waals surface area contributed by atoms with Crippen LogP contribution in [0.15, 0.2) is 0 Å². The first-order valence-corrected chi connectivity index (χ1v) is 6.31. The Kier molecular flexibility index (Phi) is 2.06. The third-order valence-corrected chi connectivity index (χ3v) is 0. The van der Waals surface area contributed by atoms with Gasteiger partial charge in [0.05, 0.1) is 0 Å². The van der Waals surface area contributed by atoms with Crippen LogP contribution in [-0.2, 0) is 12.6 Å². The molecule has 5 heavy (non-hydrogen) atoms. The van der Waals surface area contributed by atoms with Gasteiger partial charge in [-0.2, -0.15) is 0 Å². The Balaban J connectivity index is 3.02. The van der Waals surface area contributed by atoms with E-state index in [2.05, 4.69) is 0 Å². The van der Waals surface area contributed by atoms with Crippen molar-refractivity contribution in [2.45, 2.75) is 0 Å². The van der Waals surface area contributed by atoms with Crippen LogP contribution < -0.4 is 9.16 Å². The van der Waals surface area contributed by atoms with Gasteiger partial charge in [-0.3, -0.25) is 0 Å². The summed E-state index contributed by atoms with van der Waals surface area (Å²) in [6.45, 7) is 0. The molecule has 0 aromatic rings. The number of rotatable bonds is 0. The third-order valence-electron chi connectivity index (χ3n) is 0. The minimum absolute atomic E-state index is 2.93. The van der Waals surface area contributed by atoms with Crippen LogP contribution in [0.3, 0.4) is 0 Å². The maximum absolute atomic E-state index is 5.02. The molecule has 0 bridgehead atoms. The molecule has 0 amide bonds. The Labute approximate surface area is 41.7 Å². The molecule has 33 valence electrons. The molecule has 0 fully saturated rings. The fourth-order valence-electron chi connectivity index (χ4n) is 0. The molecule has 0 radical (unpaired) electrons. The van der Waals surface area contributed by atoms with Crippen molar-refractivity contribution in [3.05, 3.63) is 0 Å². The van der Waals surface area contributed by atoms with Gasteiger partial charge < -0.3 is 0 Å². The standard InChI is InChI=1S/2ClH.2H2N.V/h2*1H;2*1H2;/q;;2*-1;+4/p-2. The zero-order valence-corrected chi connectivity index (χ0v) is 5.27. The van der Waals surface area contributed by atoms with Gasteiger partial charge in [0.15, 0.2) is 0 Å². The average Bonchev–Trinajstić information content (AvgIpc) is 0.722. The van der Waals surface area contributed by atoms with Gasteiger partial charge in [-0.05, 0) is 0 Å². The first-order chi connectivity index (χ1) is 2.00. The van der Waals surface area contributed by atoms with Crippen molar-refractivity contribution in [3.8, 4) is 0 Å². The van der Waals surface area contributed by atoms with Crippen LogP contribution in [0, 0.1) is 0 Å². The van der Waals surface area contributed by atoms with Crippen LogP contribution in [-0.4, -0.2) is 0 Å². The van der Waals surface area contributed by atoms with E-state index in [0.717, 1.165) is 0 Å². The fourth-order valence-corrected chi connectivity index (χ4v) is 0. The van der Waals surface area contributed by atoms with Gasteiger partial charge in [0, 0.05) is 0 Å². The maximum atomic E-state index is 5.02. The summed E-state index contributed by atoms with van der Waals surface area (Å²) >= 11 is -2.93. The van der Waals surface area contributed by atoms with Gasteiger partial charge in [-0.25, -0.2) is 0 Å². The SMILES string of the molecule is [NH2][V]([NH2])([Cl])[Cl]. The first-order valence-electron chi connectivity index (χ1n) is 0.854. The monoisotopic (exact) mass is 153 g/mol. The summed E-state index contributed by atoms with van der Waals surface area (Å²) in [5, 5.41) is 0. The van der Waals surface area contributed by atoms with E-state index in [4.69, 9.17) is 28.9 Å². The summed E-state index contributed by atoms with van der Waals surface area (Å²) < 4.78 is 9.67. The number of halogens is 2. The molecule has 0 saturated carbocycles. The normalized spacial score (nSPS) is 12.0. The molecule has 0 unspecified atom stereocenters. The van der Waals surface area contributed by atoms with Crippen LogP contribution in [0.5, 0.6) is 0 Å². The van der Waals surface area contributed by atoms with E-state index in [1.165, 1.54) is 0 Å². The van der Waals surface area contributed by atoms with Crippen molar-refractivity contribution in [2.24, 2.45) is 9.16 Å². The summed E-state index contributed by atoms with van der Waals surface area (Å²) in [5.74, 6) is 0. The zero-order chi connectivity index (χ0) is 4.50. The Bertz CT molecular complexity index is 23.1. The molecule has 0 aliphatic heterocycles. The van der Waals surface area contributed by atoms with Crippen molar-refractivity contribution >= 4 is 19.7 Å². The summed E-state index contributed by atoms with van der Waals surface area (Å²) in [6, 6.07) is 0. The predicted octanol–water partition coefficient (Wildman–Crippen LogP) is 0.195. The fraction of sp³-hybridized carbons (Fsp3) is 0. The average molecular weight is 154 g/mol. The Morgan fingerprint density at radius 1 is 1.20 bits per heavy atom. The molecule has 0 atom stereocenters. The summed E-state index contributed by atoms with van der Waals surface area (Å²) in [5.41, 5.74) is 0. The topological polar surface area (TPSA) is 52.0 Å². The molecule has 0 aromatic carbocycles. The minimum atomic E-state index is -2.93. The van der Waals surface area contributed by atoms with Gasteiger partial charge in [-0.1, -0.05) is 0 Å². The molecule has 4 N–H and O–H groups in total. The number of nitrogens with two attached hydrogens (primary N) is 2. The van der Waals surface area contributed by atoms with Crippen LogP contribution >= 0.6 is 19.7 Å². The molecule has 0 saturated heterocycles. The van der Waals surface area contributed by atoms with Crippen LogP contribution in [0.4, 0.5) is 0 Å². The third kappa shape index (κ3) is 41.1. The van der Waals surface area contributed by atoms with E-state index in [0.29, 0.717) is 0 Å². The molecule has 2 nitrogen and oxygen atoms in total. The molecule has 0 rings (SSSR count). The van der Waals surface area contributed by atoms with E-state index in [1.807, 2.05) is 0 Å². The molecular formula is H4Cl2N2V. The molecule has 5 heteroatoms. The second-order valence-corrected chi connectivity index (χ2v) is 7.81. The molecule has 0 heterocycles. The Hall–Kier alpha value is 1.08. The van der Waals surface area contributed by atoms with Crippen molar-refractivity contribution in [1.82, 2.24) is 0 Å². The summed E-state index contributed by atoms with van der Waals surface area (Å²) in [7, 11) is 10.0. The first kappa shape index (κ1) is 6.08.